The van der Waals surface area contributed by atoms with Crippen molar-refractivity contribution in [1.82, 2.24) is 10.2 Å². The Labute approximate surface area is 179 Å². The Bertz CT molecular complexity index is 879. The molecule has 0 spiro atoms. The van der Waals surface area contributed by atoms with Gasteiger partial charge in [-0.1, -0.05) is 68.4 Å². The highest BCUT2D eigenvalue weighted by Crippen LogP contribution is 2.31. The summed E-state index contributed by atoms with van der Waals surface area (Å²) in [5.41, 5.74) is 2.09. The van der Waals surface area contributed by atoms with E-state index in [1.54, 1.807) is 4.90 Å². The van der Waals surface area contributed by atoms with E-state index in [1.165, 1.54) is 0 Å². The van der Waals surface area contributed by atoms with Crippen LogP contribution in [0.1, 0.15) is 33.3 Å². The first-order valence-corrected chi connectivity index (χ1v) is 10.7. The summed E-state index contributed by atoms with van der Waals surface area (Å²) < 4.78 is 6.18. The molecule has 0 unspecified atom stereocenters. The lowest BCUT2D eigenvalue weighted by Crippen LogP contribution is -2.63. The highest BCUT2D eigenvalue weighted by atomic mass is 16.5. The number of hydrogen-bond donors (Lipinski definition) is 1. The highest BCUT2D eigenvalue weighted by Gasteiger charge is 2.45. The van der Waals surface area contributed by atoms with Crippen LogP contribution >= 0.6 is 0 Å². The van der Waals surface area contributed by atoms with Crippen molar-refractivity contribution in [3.8, 4) is 11.1 Å². The Morgan fingerprint density at radius 1 is 1.03 bits per heavy atom. The minimum atomic E-state index is -1.11. The SMILES string of the molecule is CC(C)NC(=O)[C@@]1(Cc2ccccc2-c2ccccc2)CN(C(=O)C(C)C)CCO1. The van der Waals surface area contributed by atoms with Gasteiger partial charge in [0.25, 0.3) is 5.91 Å². The Hall–Kier alpha value is -2.66. The summed E-state index contributed by atoms with van der Waals surface area (Å²) in [7, 11) is 0. The van der Waals surface area contributed by atoms with Gasteiger partial charge in [-0.3, -0.25) is 9.59 Å². The van der Waals surface area contributed by atoms with Gasteiger partial charge in [0, 0.05) is 24.9 Å². The van der Waals surface area contributed by atoms with E-state index in [1.807, 2.05) is 64.1 Å². The molecule has 30 heavy (non-hydrogen) atoms. The van der Waals surface area contributed by atoms with E-state index in [2.05, 4.69) is 23.5 Å². The fraction of sp³-hybridized carbons (Fsp3) is 0.440. The van der Waals surface area contributed by atoms with E-state index in [-0.39, 0.29) is 30.3 Å². The molecule has 1 heterocycles. The number of hydrogen-bond acceptors (Lipinski definition) is 3. The standard InChI is InChI=1S/C25H32N2O3/c1-18(2)23(28)27-14-15-30-25(17-27,24(29)26-19(3)4)16-21-12-8-9-13-22(21)20-10-6-5-7-11-20/h5-13,18-19H,14-17H2,1-4H3,(H,26,29)/t25-/m1/s1. The van der Waals surface area contributed by atoms with Crippen LogP contribution in [0.25, 0.3) is 11.1 Å². The van der Waals surface area contributed by atoms with Crippen LogP contribution < -0.4 is 5.32 Å². The molecular weight excluding hydrogens is 376 g/mol. The van der Waals surface area contributed by atoms with Gasteiger partial charge in [-0.2, -0.15) is 0 Å². The third kappa shape index (κ3) is 4.90. The van der Waals surface area contributed by atoms with Gasteiger partial charge in [0.15, 0.2) is 5.60 Å². The second-order valence-electron chi connectivity index (χ2n) is 8.59. The van der Waals surface area contributed by atoms with Gasteiger partial charge in [0.1, 0.15) is 0 Å². The van der Waals surface area contributed by atoms with E-state index in [0.29, 0.717) is 19.6 Å². The summed E-state index contributed by atoms with van der Waals surface area (Å²) in [4.78, 5) is 27.8. The molecule has 1 aliphatic heterocycles. The topological polar surface area (TPSA) is 58.6 Å². The van der Waals surface area contributed by atoms with Crippen LogP contribution in [0.2, 0.25) is 0 Å². The minimum Gasteiger partial charge on any atom is -0.361 e. The lowest BCUT2D eigenvalue weighted by molar-refractivity contribution is -0.167. The van der Waals surface area contributed by atoms with Gasteiger partial charge < -0.3 is 15.0 Å². The van der Waals surface area contributed by atoms with Crippen LogP contribution in [-0.2, 0) is 20.7 Å². The average Bonchev–Trinajstić information content (AvgIpc) is 2.74. The van der Waals surface area contributed by atoms with Crippen LogP contribution in [0.5, 0.6) is 0 Å². The molecule has 1 fully saturated rings. The predicted octanol–water partition coefficient (Wildman–Crippen LogP) is 3.67. The Morgan fingerprint density at radius 3 is 2.37 bits per heavy atom. The number of nitrogens with zero attached hydrogens (tertiary/aromatic N) is 1. The molecule has 2 amide bonds. The van der Waals surface area contributed by atoms with E-state index in [0.717, 1.165) is 16.7 Å². The molecule has 1 atom stereocenters. The van der Waals surface area contributed by atoms with Gasteiger partial charge >= 0.3 is 0 Å². The largest absolute Gasteiger partial charge is 0.361 e. The van der Waals surface area contributed by atoms with Crippen LogP contribution in [0, 0.1) is 5.92 Å². The van der Waals surface area contributed by atoms with Crippen molar-refractivity contribution in [2.75, 3.05) is 19.7 Å². The lowest BCUT2D eigenvalue weighted by Gasteiger charge is -2.42. The Balaban J connectivity index is 1.99. The molecule has 0 aliphatic carbocycles. The van der Waals surface area contributed by atoms with Crippen molar-refractivity contribution in [2.24, 2.45) is 5.92 Å². The van der Waals surface area contributed by atoms with Crippen molar-refractivity contribution in [3.05, 3.63) is 60.2 Å². The molecule has 0 saturated carbocycles. The van der Waals surface area contributed by atoms with E-state index in [4.69, 9.17) is 4.74 Å². The molecule has 0 radical (unpaired) electrons. The van der Waals surface area contributed by atoms with Gasteiger partial charge in [-0.15, -0.1) is 0 Å². The predicted molar refractivity (Wildman–Crippen MR) is 119 cm³/mol. The summed E-state index contributed by atoms with van der Waals surface area (Å²) in [5.74, 6) is -0.233. The molecule has 1 saturated heterocycles. The second kappa shape index (κ2) is 9.43. The van der Waals surface area contributed by atoms with Crippen molar-refractivity contribution < 1.29 is 14.3 Å². The van der Waals surface area contributed by atoms with Gasteiger partial charge in [0.2, 0.25) is 5.91 Å². The zero-order valence-electron chi connectivity index (χ0n) is 18.4. The van der Waals surface area contributed by atoms with Gasteiger partial charge in [0.05, 0.1) is 13.2 Å². The number of nitrogens with one attached hydrogen (secondary N) is 1. The third-order valence-corrected chi connectivity index (χ3v) is 5.40. The number of benzene rings is 2. The molecule has 0 bridgehead atoms. The summed E-state index contributed by atoms with van der Waals surface area (Å²) >= 11 is 0. The number of rotatable bonds is 6. The molecule has 1 aliphatic rings. The first-order chi connectivity index (χ1) is 14.3. The first-order valence-electron chi connectivity index (χ1n) is 10.7. The summed E-state index contributed by atoms with van der Waals surface area (Å²) in [6.07, 6.45) is 0.401. The molecule has 160 valence electrons. The van der Waals surface area contributed by atoms with Crippen LogP contribution in [0.15, 0.2) is 54.6 Å². The molecular formula is C25H32N2O3. The monoisotopic (exact) mass is 408 g/mol. The molecule has 5 nitrogen and oxygen atoms in total. The number of ether oxygens (including phenoxy) is 1. The number of morpholine rings is 1. The number of carbonyl (C=O) groups is 2. The van der Waals surface area contributed by atoms with Gasteiger partial charge in [-0.05, 0) is 30.5 Å². The van der Waals surface area contributed by atoms with Crippen LogP contribution in [0.3, 0.4) is 0 Å². The van der Waals surface area contributed by atoms with Crippen LogP contribution in [0.4, 0.5) is 0 Å². The molecule has 5 heteroatoms. The van der Waals surface area contributed by atoms with Crippen molar-refractivity contribution in [1.29, 1.82) is 0 Å². The Kier molecular flexibility index (Phi) is 6.93. The molecule has 3 rings (SSSR count). The average molecular weight is 409 g/mol. The van der Waals surface area contributed by atoms with Crippen molar-refractivity contribution >= 4 is 11.8 Å². The second-order valence-corrected chi connectivity index (χ2v) is 8.59. The zero-order chi connectivity index (χ0) is 21.7. The maximum absolute atomic E-state index is 13.3. The fourth-order valence-electron chi connectivity index (χ4n) is 3.94. The maximum Gasteiger partial charge on any atom is 0.254 e. The van der Waals surface area contributed by atoms with E-state index >= 15 is 0 Å². The van der Waals surface area contributed by atoms with Crippen molar-refractivity contribution in [3.63, 3.8) is 0 Å². The molecule has 0 aromatic heterocycles. The third-order valence-electron chi connectivity index (χ3n) is 5.40. The lowest BCUT2D eigenvalue weighted by atomic mass is 9.87. The van der Waals surface area contributed by atoms with Crippen molar-refractivity contribution in [2.45, 2.75) is 45.8 Å². The number of amides is 2. The highest BCUT2D eigenvalue weighted by molar-refractivity contribution is 5.88. The van der Waals surface area contributed by atoms with E-state index < -0.39 is 5.60 Å². The maximum atomic E-state index is 13.3. The smallest absolute Gasteiger partial charge is 0.254 e. The number of carbonyl (C=O) groups excluding carboxylic acids is 2. The van der Waals surface area contributed by atoms with E-state index in [9.17, 15) is 9.59 Å². The normalized spacial score (nSPS) is 19.2. The zero-order valence-corrected chi connectivity index (χ0v) is 18.4. The molecule has 2 aromatic rings. The molecule has 2 aromatic carbocycles. The minimum absolute atomic E-state index is 0.0153. The summed E-state index contributed by atoms with van der Waals surface area (Å²) in [5, 5.41) is 3.02. The summed E-state index contributed by atoms with van der Waals surface area (Å²) in [6, 6.07) is 18.2. The van der Waals surface area contributed by atoms with Crippen LogP contribution in [-0.4, -0.2) is 48.1 Å². The summed E-state index contributed by atoms with van der Waals surface area (Å²) in [6.45, 7) is 8.75. The first kappa shape index (κ1) is 22.0. The quantitative estimate of drug-likeness (QED) is 0.793. The van der Waals surface area contributed by atoms with Gasteiger partial charge in [-0.25, -0.2) is 0 Å². The molecule has 1 N–H and O–H groups in total. The fourth-order valence-corrected chi connectivity index (χ4v) is 3.94. The Morgan fingerprint density at radius 2 is 1.70 bits per heavy atom.